The van der Waals surface area contributed by atoms with Crippen molar-refractivity contribution >= 4 is 23.1 Å². The number of hydrogen-bond donors (Lipinski definition) is 1. The standard InChI is InChI=1S/C12H21N3S2/c1-3-9(13-4-2)11-14-15-12(17-11)10-7-5-6-8-16-10/h9-10,13H,3-8H2,1-2H3. The van der Waals surface area contributed by atoms with Gasteiger partial charge >= 0.3 is 0 Å². The lowest BCUT2D eigenvalue weighted by atomic mass is 10.2. The topological polar surface area (TPSA) is 37.8 Å². The van der Waals surface area contributed by atoms with Crippen molar-refractivity contribution in [3.05, 3.63) is 10.0 Å². The van der Waals surface area contributed by atoms with Gasteiger partial charge in [-0.2, -0.15) is 11.8 Å². The zero-order chi connectivity index (χ0) is 12.1. The predicted octanol–water partition coefficient (Wildman–Crippen LogP) is 3.56. The van der Waals surface area contributed by atoms with Crippen molar-refractivity contribution in [2.45, 2.75) is 50.8 Å². The molecule has 1 aromatic heterocycles. The summed E-state index contributed by atoms with van der Waals surface area (Å²) in [5, 5.41) is 15.2. The van der Waals surface area contributed by atoms with Crippen LogP contribution in [0.2, 0.25) is 0 Å². The Kier molecular flexibility index (Phi) is 5.25. The first kappa shape index (κ1) is 13.3. The molecule has 1 N–H and O–H groups in total. The van der Waals surface area contributed by atoms with Gasteiger partial charge in [-0.15, -0.1) is 10.2 Å². The summed E-state index contributed by atoms with van der Waals surface area (Å²) in [6, 6.07) is 0.389. The summed E-state index contributed by atoms with van der Waals surface area (Å²) in [5.41, 5.74) is 0. The molecule has 0 spiro atoms. The molecular formula is C12H21N3S2. The second-order valence-corrected chi connectivity index (χ2v) is 6.70. The average Bonchev–Trinajstić information content (AvgIpc) is 2.86. The van der Waals surface area contributed by atoms with Crippen LogP contribution in [0, 0.1) is 0 Å². The highest BCUT2D eigenvalue weighted by Gasteiger charge is 2.22. The molecule has 2 heterocycles. The number of rotatable bonds is 5. The molecule has 1 fully saturated rings. The van der Waals surface area contributed by atoms with E-state index in [1.54, 1.807) is 11.3 Å². The van der Waals surface area contributed by atoms with Crippen LogP contribution < -0.4 is 5.32 Å². The number of aromatic nitrogens is 2. The smallest absolute Gasteiger partial charge is 0.134 e. The lowest BCUT2D eigenvalue weighted by molar-refractivity contribution is 0.530. The molecule has 5 heteroatoms. The maximum Gasteiger partial charge on any atom is 0.134 e. The van der Waals surface area contributed by atoms with Gasteiger partial charge in [0.2, 0.25) is 0 Å². The van der Waals surface area contributed by atoms with Crippen LogP contribution in [0.3, 0.4) is 0 Å². The molecule has 0 aliphatic carbocycles. The fraction of sp³-hybridized carbons (Fsp3) is 0.833. The quantitative estimate of drug-likeness (QED) is 0.888. The second-order valence-electron chi connectivity index (χ2n) is 4.35. The van der Waals surface area contributed by atoms with Crippen LogP contribution in [-0.2, 0) is 0 Å². The molecule has 0 saturated carbocycles. The van der Waals surface area contributed by atoms with Crippen molar-refractivity contribution in [2.75, 3.05) is 12.3 Å². The summed E-state index contributed by atoms with van der Waals surface area (Å²) < 4.78 is 0. The number of hydrogen-bond acceptors (Lipinski definition) is 5. The Balaban J connectivity index is 2.03. The van der Waals surface area contributed by atoms with E-state index in [0.717, 1.165) is 18.0 Å². The average molecular weight is 271 g/mol. The molecule has 1 aromatic rings. The maximum atomic E-state index is 4.40. The molecule has 1 aliphatic heterocycles. The third kappa shape index (κ3) is 3.42. The van der Waals surface area contributed by atoms with Gasteiger partial charge in [0, 0.05) is 0 Å². The summed E-state index contributed by atoms with van der Waals surface area (Å²) in [7, 11) is 0. The SMILES string of the molecule is CCNC(CC)c1nnc(C2CCCCS2)s1. The van der Waals surface area contributed by atoms with Crippen LogP contribution in [0.4, 0.5) is 0 Å². The van der Waals surface area contributed by atoms with Gasteiger partial charge < -0.3 is 5.32 Å². The van der Waals surface area contributed by atoms with E-state index in [4.69, 9.17) is 0 Å². The fourth-order valence-electron chi connectivity index (χ4n) is 2.11. The van der Waals surface area contributed by atoms with E-state index in [9.17, 15) is 0 Å². The van der Waals surface area contributed by atoms with E-state index >= 15 is 0 Å². The van der Waals surface area contributed by atoms with E-state index in [0.29, 0.717) is 11.3 Å². The van der Waals surface area contributed by atoms with Gasteiger partial charge in [0.15, 0.2) is 0 Å². The van der Waals surface area contributed by atoms with Crippen LogP contribution in [-0.4, -0.2) is 22.5 Å². The first-order valence-electron chi connectivity index (χ1n) is 6.53. The molecule has 0 radical (unpaired) electrons. The van der Waals surface area contributed by atoms with Crippen LogP contribution >= 0.6 is 23.1 Å². The Morgan fingerprint density at radius 3 is 2.88 bits per heavy atom. The fourth-order valence-corrected chi connectivity index (χ4v) is 4.65. The predicted molar refractivity (Wildman–Crippen MR) is 75.7 cm³/mol. The Morgan fingerprint density at radius 2 is 2.24 bits per heavy atom. The molecule has 96 valence electrons. The minimum Gasteiger partial charge on any atom is -0.308 e. The normalized spacial score (nSPS) is 22.6. The number of nitrogens with one attached hydrogen (secondary N) is 1. The van der Waals surface area contributed by atoms with Crippen molar-refractivity contribution in [1.29, 1.82) is 0 Å². The Bertz CT molecular complexity index is 315. The van der Waals surface area contributed by atoms with Crippen molar-refractivity contribution in [3.8, 4) is 0 Å². The minimum atomic E-state index is 0.389. The van der Waals surface area contributed by atoms with E-state index in [1.807, 2.05) is 11.8 Å². The van der Waals surface area contributed by atoms with E-state index in [-0.39, 0.29) is 0 Å². The summed E-state index contributed by atoms with van der Waals surface area (Å²) in [5.74, 6) is 1.28. The molecule has 2 atom stereocenters. The lowest BCUT2D eigenvalue weighted by Gasteiger charge is -2.18. The molecule has 1 aliphatic rings. The molecular weight excluding hydrogens is 250 g/mol. The number of nitrogens with zero attached hydrogens (tertiary/aromatic N) is 2. The van der Waals surface area contributed by atoms with Gasteiger partial charge in [0.05, 0.1) is 11.3 Å². The van der Waals surface area contributed by atoms with Crippen LogP contribution in [0.25, 0.3) is 0 Å². The Hall–Kier alpha value is -0.130. The highest BCUT2D eigenvalue weighted by atomic mass is 32.2. The monoisotopic (exact) mass is 271 g/mol. The highest BCUT2D eigenvalue weighted by Crippen LogP contribution is 2.40. The van der Waals surface area contributed by atoms with Gasteiger partial charge in [0.25, 0.3) is 0 Å². The van der Waals surface area contributed by atoms with Gasteiger partial charge in [-0.1, -0.05) is 31.6 Å². The maximum absolute atomic E-state index is 4.40. The molecule has 3 nitrogen and oxygen atoms in total. The van der Waals surface area contributed by atoms with Crippen LogP contribution in [0.15, 0.2) is 0 Å². The van der Waals surface area contributed by atoms with Crippen molar-refractivity contribution < 1.29 is 0 Å². The molecule has 2 rings (SSSR count). The third-order valence-electron chi connectivity index (χ3n) is 3.07. The zero-order valence-corrected chi connectivity index (χ0v) is 12.2. The van der Waals surface area contributed by atoms with Crippen molar-refractivity contribution in [3.63, 3.8) is 0 Å². The molecule has 17 heavy (non-hydrogen) atoms. The van der Waals surface area contributed by atoms with Crippen molar-refractivity contribution in [2.24, 2.45) is 0 Å². The molecule has 1 saturated heterocycles. The van der Waals surface area contributed by atoms with Crippen molar-refractivity contribution in [1.82, 2.24) is 15.5 Å². The molecule has 2 unspecified atom stereocenters. The second kappa shape index (κ2) is 6.71. The summed E-state index contributed by atoms with van der Waals surface area (Å²) in [6.45, 7) is 5.33. The van der Waals surface area contributed by atoms with Gasteiger partial charge in [-0.25, -0.2) is 0 Å². The third-order valence-corrected chi connectivity index (χ3v) is 5.75. The Morgan fingerprint density at radius 1 is 1.35 bits per heavy atom. The van der Waals surface area contributed by atoms with Gasteiger partial charge in [0.1, 0.15) is 10.0 Å². The van der Waals surface area contributed by atoms with E-state index < -0.39 is 0 Å². The number of thioether (sulfide) groups is 1. The Labute approximate surface area is 112 Å². The highest BCUT2D eigenvalue weighted by molar-refractivity contribution is 7.99. The zero-order valence-electron chi connectivity index (χ0n) is 10.6. The summed E-state index contributed by atoms with van der Waals surface area (Å²) >= 11 is 3.86. The van der Waals surface area contributed by atoms with Crippen LogP contribution in [0.1, 0.15) is 60.8 Å². The lowest BCUT2D eigenvalue weighted by Crippen LogP contribution is -2.19. The first-order chi connectivity index (χ1) is 8.35. The first-order valence-corrected chi connectivity index (χ1v) is 8.40. The van der Waals surface area contributed by atoms with Gasteiger partial charge in [-0.05, 0) is 31.6 Å². The summed E-state index contributed by atoms with van der Waals surface area (Å²) in [6.07, 6.45) is 5.07. The van der Waals surface area contributed by atoms with Crippen LogP contribution in [0.5, 0.6) is 0 Å². The molecule has 0 bridgehead atoms. The van der Waals surface area contributed by atoms with E-state index in [2.05, 4.69) is 29.4 Å². The molecule has 0 amide bonds. The van der Waals surface area contributed by atoms with Gasteiger partial charge in [-0.3, -0.25) is 0 Å². The largest absolute Gasteiger partial charge is 0.308 e. The van der Waals surface area contributed by atoms with E-state index in [1.165, 1.54) is 30.0 Å². The summed E-state index contributed by atoms with van der Waals surface area (Å²) in [4.78, 5) is 0. The minimum absolute atomic E-state index is 0.389. The molecule has 0 aromatic carbocycles.